The van der Waals surface area contributed by atoms with E-state index in [4.69, 9.17) is 16.3 Å². The Balaban J connectivity index is 1.86. The van der Waals surface area contributed by atoms with Crippen molar-refractivity contribution in [3.8, 4) is 0 Å². The lowest BCUT2D eigenvalue weighted by Crippen LogP contribution is -2.44. The Morgan fingerprint density at radius 1 is 1.36 bits per heavy atom. The van der Waals surface area contributed by atoms with Crippen molar-refractivity contribution in [3.63, 3.8) is 0 Å². The van der Waals surface area contributed by atoms with Crippen LogP contribution in [0, 0.1) is 0 Å². The summed E-state index contributed by atoms with van der Waals surface area (Å²) < 4.78 is 6.36. The van der Waals surface area contributed by atoms with E-state index in [0.29, 0.717) is 24.2 Å². The summed E-state index contributed by atoms with van der Waals surface area (Å²) in [6, 6.07) is 6.12. The molecule has 0 bridgehead atoms. The van der Waals surface area contributed by atoms with Gasteiger partial charge in [0.2, 0.25) is 0 Å². The molecule has 0 unspecified atom stereocenters. The molecular weight excluding hydrogens is 368 g/mol. The number of benzene rings is 1. The van der Waals surface area contributed by atoms with Gasteiger partial charge in [-0.15, -0.1) is 0 Å². The molecule has 122 valence electrons. The number of carbonyl (C=O) groups is 1. The molecule has 22 heavy (non-hydrogen) atoms. The number of rotatable bonds is 2. The van der Waals surface area contributed by atoms with Crippen LogP contribution >= 0.6 is 27.5 Å². The Hall–Kier alpha value is -0.940. The van der Waals surface area contributed by atoms with Gasteiger partial charge in [0.15, 0.2) is 0 Å². The zero-order valence-electron chi connectivity index (χ0n) is 13.2. The first-order valence-corrected chi connectivity index (χ1v) is 8.61. The summed E-state index contributed by atoms with van der Waals surface area (Å²) in [5.41, 5.74) is 0.484. The predicted octanol–water partition coefficient (Wildman–Crippen LogP) is 4.91. The third-order valence-corrected chi connectivity index (χ3v) is 4.24. The van der Waals surface area contributed by atoms with E-state index >= 15 is 0 Å². The summed E-state index contributed by atoms with van der Waals surface area (Å²) in [5, 5.41) is 4.15. The minimum atomic E-state index is -0.447. The van der Waals surface area contributed by atoms with E-state index in [0.717, 1.165) is 23.0 Å². The minimum Gasteiger partial charge on any atom is -0.444 e. The Kier molecular flexibility index (Phi) is 5.61. The van der Waals surface area contributed by atoms with E-state index in [1.807, 2.05) is 39.0 Å². The second-order valence-corrected chi connectivity index (χ2v) is 7.83. The minimum absolute atomic E-state index is 0.229. The van der Waals surface area contributed by atoms with Crippen LogP contribution in [0.3, 0.4) is 0 Å². The summed E-state index contributed by atoms with van der Waals surface area (Å²) in [6.45, 7) is 7.04. The lowest BCUT2D eigenvalue weighted by Gasteiger charge is -2.34. The summed E-state index contributed by atoms with van der Waals surface area (Å²) in [4.78, 5) is 13.8. The van der Waals surface area contributed by atoms with Crippen LogP contribution in [0.25, 0.3) is 0 Å². The van der Waals surface area contributed by atoms with Gasteiger partial charge in [0.25, 0.3) is 0 Å². The van der Waals surface area contributed by atoms with E-state index in [9.17, 15) is 4.79 Å². The topological polar surface area (TPSA) is 41.6 Å². The highest BCUT2D eigenvalue weighted by Crippen LogP contribution is 2.28. The van der Waals surface area contributed by atoms with Crippen LogP contribution in [-0.4, -0.2) is 35.7 Å². The maximum atomic E-state index is 12.0. The smallest absolute Gasteiger partial charge is 0.410 e. The molecule has 1 aromatic carbocycles. The molecule has 1 fully saturated rings. The van der Waals surface area contributed by atoms with E-state index < -0.39 is 5.60 Å². The monoisotopic (exact) mass is 388 g/mol. The first-order valence-electron chi connectivity index (χ1n) is 7.44. The van der Waals surface area contributed by atoms with Crippen LogP contribution < -0.4 is 5.32 Å². The zero-order chi connectivity index (χ0) is 16.3. The summed E-state index contributed by atoms with van der Waals surface area (Å²) in [5.74, 6) is 0. The number of nitrogens with zero attached hydrogens (tertiary/aromatic N) is 1. The summed E-state index contributed by atoms with van der Waals surface area (Å²) >= 11 is 9.62. The van der Waals surface area contributed by atoms with E-state index in [1.54, 1.807) is 4.90 Å². The molecule has 6 heteroatoms. The second-order valence-electron chi connectivity index (χ2n) is 6.51. The summed E-state index contributed by atoms with van der Waals surface area (Å²) in [7, 11) is 0. The normalized spacial score (nSPS) is 16.5. The molecule has 0 aromatic heterocycles. The van der Waals surface area contributed by atoms with Gasteiger partial charge in [-0.05, 0) is 51.8 Å². The van der Waals surface area contributed by atoms with E-state index in [1.165, 1.54) is 0 Å². The predicted molar refractivity (Wildman–Crippen MR) is 93.6 cm³/mol. The number of anilines is 1. The van der Waals surface area contributed by atoms with Gasteiger partial charge in [-0.25, -0.2) is 4.79 Å². The maximum absolute atomic E-state index is 12.0. The number of piperidine rings is 1. The van der Waals surface area contributed by atoms with Gasteiger partial charge in [0.05, 0.1) is 10.7 Å². The molecule has 1 aliphatic rings. The van der Waals surface area contributed by atoms with Crippen LogP contribution in [-0.2, 0) is 4.74 Å². The van der Waals surface area contributed by atoms with E-state index in [-0.39, 0.29) is 6.09 Å². The van der Waals surface area contributed by atoms with Crippen molar-refractivity contribution < 1.29 is 9.53 Å². The second kappa shape index (κ2) is 7.09. The largest absolute Gasteiger partial charge is 0.444 e. The van der Waals surface area contributed by atoms with Crippen molar-refractivity contribution >= 4 is 39.3 Å². The average molecular weight is 390 g/mol. The number of amides is 1. The zero-order valence-corrected chi connectivity index (χ0v) is 15.5. The third kappa shape index (κ3) is 5.06. The highest BCUT2D eigenvalue weighted by molar-refractivity contribution is 9.10. The van der Waals surface area contributed by atoms with Gasteiger partial charge in [-0.3, -0.25) is 0 Å². The molecule has 1 aromatic rings. The average Bonchev–Trinajstić information content (AvgIpc) is 2.41. The molecule has 0 saturated carbocycles. The molecular formula is C16H22BrClN2O2. The van der Waals surface area contributed by atoms with Crippen molar-refractivity contribution in [1.82, 2.24) is 4.90 Å². The number of nitrogens with one attached hydrogen (secondary N) is 1. The molecule has 1 heterocycles. The van der Waals surface area contributed by atoms with Crippen molar-refractivity contribution in [2.24, 2.45) is 0 Å². The fourth-order valence-electron chi connectivity index (χ4n) is 2.36. The molecule has 1 N–H and O–H groups in total. The molecule has 1 amide bonds. The van der Waals surface area contributed by atoms with Crippen molar-refractivity contribution in [2.75, 3.05) is 18.4 Å². The lowest BCUT2D eigenvalue weighted by atomic mass is 10.0. The molecule has 0 spiro atoms. The van der Waals surface area contributed by atoms with Crippen LogP contribution in [0.2, 0.25) is 5.02 Å². The quantitative estimate of drug-likeness (QED) is 0.781. The molecule has 4 nitrogen and oxygen atoms in total. The number of ether oxygens (including phenoxy) is 1. The fourth-order valence-corrected chi connectivity index (χ4v) is 3.09. The lowest BCUT2D eigenvalue weighted by molar-refractivity contribution is 0.0210. The first-order chi connectivity index (χ1) is 10.2. The van der Waals surface area contributed by atoms with Crippen LogP contribution in [0.15, 0.2) is 22.7 Å². The van der Waals surface area contributed by atoms with Crippen molar-refractivity contribution in [2.45, 2.75) is 45.3 Å². The van der Waals surface area contributed by atoms with Crippen LogP contribution in [0.1, 0.15) is 33.6 Å². The molecule has 0 radical (unpaired) electrons. The van der Waals surface area contributed by atoms with Gasteiger partial charge in [0.1, 0.15) is 5.60 Å². The van der Waals surface area contributed by atoms with E-state index in [2.05, 4.69) is 21.2 Å². The Morgan fingerprint density at radius 3 is 2.55 bits per heavy atom. The Bertz CT molecular complexity index is 537. The molecule has 1 saturated heterocycles. The highest BCUT2D eigenvalue weighted by atomic mass is 79.9. The first kappa shape index (κ1) is 17.4. The number of hydrogen-bond donors (Lipinski definition) is 1. The summed E-state index contributed by atoms with van der Waals surface area (Å²) in [6.07, 6.45) is 1.53. The molecule has 1 aliphatic heterocycles. The van der Waals surface area contributed by atoms with Gasteiger partial charge in [0, 0.05) is 23.6 Å². The third-order valence-electron chi connectivity index (χ3n) is 3.44. The Labute approximate surface area is 145 Å². The van der Waals surface area contributed by atoms with Gasteiger partial charge in [-0.2, -0.15) is 0 Å². The Morgan fingerprint density at radius 2 is 2.00 bits per heavy atom. The van der Waals surface area contributed by atoms with Gasteiger partial charge in [-0.1, -0.05) is 27.5 Å². The van der Waals surface area contributed by atoms with Crippen molar-refractivity contribution in [3.05, 3.63) is 27.7 Å². The van der Waals surface area contributed by atoms with Gasteiger partial charge >= 0.3 is 6.09 Å². The number of hydrogen-bond acceptors (Lipinski definition) is 3. The standard InChI is InChI=1S/C16H22BrClN2O2/c1-16(2,3)22-15(21)20-8-6-12(7-9-20)19-14-5-4-11(17)10-13(14)18/h4-5,10,12,19H,6-9H2,1-3H3. The highest BCUT2D eigenvalue weighted by Gasteiger charge is 2.26. The maximum Gasteiger partial charge on any atom is 0.410 e. The SMILES string of the molecule is CC(C)(C)OC(=O)N1CCC(Nc2ccc(Br)cc2Cl)CC1. The number of halogens is 2. The van der Waals surface area contributed by atoms with Crippen LogP contribution in [0.4, 0.5) is 10.5 Å². The van der Waals surface area contributed by atoms with Gasteiger partial charge < -0.3 is 15.0 Å². The fraction of sp³-hybridized carbons (Fsp3) is 0.562. The van der Waals surface area contributed by atoms with Crippen LogP contribution in [0.5, 0.6) is 0 Å². The number of likely N-dealkylation sites (tertiary alicyclic amines) is 1. The molecule has 0 atom stereocenters. The molecule has 2 rings (SSSR count). The molecule has 0 aliphatic carbocycles. The number of carbonyl (C=O) groups excluding carboxylic acids is 1. The van der Waals surface area contributed by atoms with Crippen molar-refractivity contribution in [1.29, 1.82) is 0 Å².